The number of hydrogen-bond acceptors (Lipinski definition) is 4. The fourth-order valence-corrected chi connectivity index (χ4v) is 3.23. The van der Waals surface area contributed by atoms with Crippen LogP contribution in [-0.2, 0) is 12.8 Å². The van der Waals surface area contributed by atoms with Gasteiger partial charge in [0.1, 0.15) is 11.6 Å². The Hall–Kier alpha value is -3.39. The van der Waals surface area contributed by atoms with Crippen LogP contribution in [0.25, 0.3) is 11.1 Å². The minimum Gasteiger partial charge on any atom is -0.507 e. The highest BCUT2D eigenvalue weighted by Crippen LogP contribution is 2.32. The van der Waals surface area contributed by atoms with Crippen molar-refractivity contribution in [1.82, 2.24) is 9.97 Å². The highest BCUT2D eigenvalue weighted by atomic mass is 16.3. The van der Waals surface area contributed by atoms with Gasteiger partial charge in [-0.1, -0.05) is 43.7 Å². The molecular weight excluding hydrogens is 338 g/mol. The molecule has 0 aliphatic heterocycles. The van der Waals surface area contributed by atoms with Gasteiger partial charge in [-0.25, -0.2) is 4.98 Å². The van der Waals surface area contributed by atoms with E-state index in [1.165, 1.54) is 0 Å². The Morgan fingerprint density at radius 3 is 2.67 bits per heavy atom. The van der Waals surface area contributed by atoms with E-state index in [9.17, 15) is 15.2 Å². The third-order valence-electron chi connectivity index (χ3n) is 4.49. The predicted octanol–water partition coefficient (Wildman–Crippen LogP) is 3.87. The molecule has 5 heteroatoms. The fourth-order valence-electron chi connectivity index (χ4n) is 3.23. The minimum atomic E-state index is -0.135. The molecule has 0 amide bonds. The summed E-state index contributed by atoms with van der Waals surface area (Å²) < 4.78 is 0. The standard InChI is InChI=1S/C22H21N3O2/c1-3-6-20-19(22(27)25-14(2)24-20)11-15-9-10-18(21(26)12-15)17-8-5-4-7-16(17)13-23/h4-5,7-10,12,26H,3,6,11H2,1-2H3,(H,24,25,27). The number of aromatic hydroxyl groups is 1. The highest BCUT2D eigenvalue weighted by molar-refractivity contribution is 5.75. The zero-order valence-corrected chi connectivity index (χ0v) is 15.4. The maximum absolute atomic E-state index is 12.4. The lowest BCUT2D eigenvalue weighted by Crippen LogP contribution is -2.19. The van der Waals surface area contributed by atoms with E-state index in [1.807, 2.05) is 12.1 Å². The lowest BCUT2D eigenvalue weighted by atomic mass is 9.96. The molecule has 3 rings (SSSR count). The molecule has 1 heterocycles. The first-order chi connectivity index (χ1) is 13.0. The SMILES string of the molecule is CCCc1nc(C)[nH]c(=O)c1Cc1ccc(-c2ccccc2C#N)c(O)c1. The van der Waals surface area contributed by atoms with Gasteiger partial charge in [-0.3, -0.25) is 4.79 Å². The summed E-state index contributed by atoms with van der Waals surface area (Å²) in [6.07, 6.45) is 2.03. The number of benzene rings is 2. The minimum absolute atomic E-state index is 0.0868. The summed E-state index contributed by atoms with van der Waals surface area (Å²) in [5.41, 5.74) is 3.91. The molecule has 0 atom stereocenters. The van der Waals surface area contributed by atoms with E-state index in [4.69, 9.17) is 0 Å². The Morgan fingerprint density at radius 2 is 1.96 bits per heavy atom. The second kappa shape index (κ2) is 7.88. The van der Waals surface area contributed by atoms with Crippen LogP contribution >= 0.6 is 0 Å². The molecule has 3 aromatic rings. The van der Waals surface area contributed by atoms with Crippen molar-refractivity contribution in [3.63, 3.8) is 0 Å². The molecule has 2 N–H and O–H groups in total. The van der Waals surface area contributed by atoms with E-state index < -0.39 is 0 Å². The largest absolute Gasteiger partial charge is 0.507 e. The molecule has 0 bridgehead atoms. The van der Waals surface area contributed by atoms with E-state index >= 15 is 0 Å². The van der Waals surface area contributed by atoms with Crippen molar-refractivity contribution in [2.24, 2.45) is 0 Å². The van der Waals surface area contributed by atoms with Crippen LogP contribution in [0.1, 0.15) is 41.6 Å². The first-order valence-corrected chi connectivity index (χ1v) is 8.93. The Kier molecular flexibility index (Phi) is 5.37. The van der Waals surface area contributed by atoms with Gasteiger partial charge in [-0.05, 0) is 31.0 Å². The van der Waals surface area contributed by atoms with Crippen LogP contribution in [0.3, 0.4) is 0 Å². The number of nitrogens with zero attached hydrogens (tertiary/aromatic N) is 2. The number of hydrogen-bond donors (Lipinski definition) is 2. The van der Waals surface area contributed by atoms with Crippen molar-refractivity contribution in [1.29, 1.82) is 5.26 Å². The number of nitrogens with one attached hydrogen (secondary N) is 1. The number of aryl methyl sites for hydroxylation is 2. The molecule has 5 nitrogen and oxygen atoms in total. The van der Waals surface area contributed by atoms with Gasteiger partial charge in [0.2, 0.25) is 0 Å². The van der Waals surface area contributed by atoms with E-state index in [-0.39, 0.29) is 11.3 Å². The first kappa shape index (κ1) is 18.4. The van der Waals surface area contributed by atoms with E-state index in [0.717, 1.165) is 24.1 Å². The second-order valence-electron chi connectivity index (χ2n) is 6.51. The number of aromatic nitrogens is 2. The third-order valence-corrected chi connectivity index (χ3v) is 4.49. The predicted molar refractivity (Wildman–Crippen MR) is 105 cm³/mol. The first-order valence-electron chi connectivity index (χ1n) is 8.93. The lowest BCUT2D eigenvalue weighted by molar-refractivity contribution is 0.476. The summed E-state index contributed by atoms with van der Waals surface area (Å²) in [6.45, 7) is 3.83. The van der Waals surface area contributed by atoms with E-state index in [0.29, 0.717) is 34.5 Å². The van der Waals surface area contributed by atoms with Crippen molar-refractivity contribution in [2.45, 2.75) is 33.1 Å². The van der Waals surface area contributed by atoms with Crippen molar-refractivity contribution in [3.8, 4) is 22.9 Å². The molecule has 0 unspecified atom stereocenters. The molecule has 0 fully saturated rings. The fraction of sp³-hybridized carbons (Fsp3) is 0.227. The van der Waals surface area contributed by atoms with Crippen LogP contribution in [0.2, 0.25) is 0 Å². The second-order valence-corrected chi connectivity index (χ2v) is 6.51. The Bertz CT molecular complexity index is 1080. The van der Waals surface area contributed by atoms with Crippen molar-refractivity contribution in [3.05, 3.63) is 81.0 Å². The van der Waals surface area contributed by atoms with Crippen LogP contribution in [-0.4, -0.2) is 15.1 Å². The molecule has 0 radical (unpaired) electrons. The van der Waals surface area contributed by atoms with Crippen molar-refractivity contribution in [2.75, 3.05) is 0 Å². The molecule has 0 aliphatic carbocycles. The quantitative estimate of drug-likeness (QED) is 0.724. The number of phenolic OH excluding ortho intramolecular Hbond substituents is 1. The third kappa shape index (κ3) is 3.90. The number of aromatic amines is 1. The number of phenols is 1. The topological polar surface area (TPSA) is 89.8 Å². The molecule has 0 saturated carbocycles. The van der Waals surface area contributed by atoms with Crippen LogP contribution in [0, 0.1) is 18.3 Å². The van der Waals surface area contributed by atoms with Crippen molar-refractivity contribution < 1.29 is 5.11 Å². The van der Waals surface area contributed by atoms with Gasteiger partial charge in [0, 0.05) is 23.1 Å². The summed E-state index contributed by atoms with van der Waals surface area (Å²) in [5.74, 6) is 0.697. The average molecular weight is 359 g/mol. The molecule has 136 valence electrons. The van der Waals surface area contributed by atoms with Gasteiger partial charge >= 0.3 is 0 Å². The molecule has 2 aromatic carbocycles. The van der Waals surface area contributed by atoms with Crippen LogP contribution in [0.15, 0.2) is 47.3 Å². The molecule has 0 aliphatic rings. The molecule has 1 aromatic heterocycles. The molecular formula is C22H21N3O2. The number of rotatable bonds is 5. The summed E-state index contributed by atoms with van der Waals surface area (Å²) in [6, 6.07) is 14.6. The number of H-pyrrole nitrogens is 1. The van der Waals surface area contributed by atoms with E-state index in [2.05, 4.69) is 23.0 Å². The van der Waals surface area contributed by atoms with E-state index in [1.54, 1.807) is 37.3 Å². The zero-order chi connectivity index (χ0) is 19.4. The van der Waals surface area contributed by atoms with Gasteiger partial charge in [0.15, 0.2) is 0 Å². The smallest absolute Gasteiger partial charge is 0.254 e. The summed E-state index contributed by atoms with van der Waals surface area (Å²) in [5, 5.41) is 19.8. The van der Waals surface area contributed by atoms with Gasteiger partial charge in [-0.2, -0.15) is 5.26 Å². The summed E-state index contributed by atoms with van der Waals surface area (Å²) in [7, 11) is 0. The van der Waals surface area contributed by atoms with Crippen LogP contribution in [0.4, 0.5) is 0 Å². The Labute approximate surface area is 158 Å². The summed E-state index contributed by atoms with van der Waals surface area (Å²) >= 11 is 0. The highest BCUT2D eigenvalue weighted by Gasteiger charge is 2.13. The van der Waals surface area contributed by atoms with Crippen LogP contribution in [0.5, 0.6) is 5.75 Å². The molecule has 0 spiro atoms. The van der Waals surface area contributed by atoms with Gasteiger partial charge in [-0.15, -0.1) is 0 Å². The molecule has 27 heavy (non-hydrogen) atoms. The summed E-state index contributed by atoms with van der Waals surface area (Å²) in [4.78, 5) is 19.6. The Morgan fingerprint density at radius 1 is 1.19 bits per heavy atom. The van der Waals surface area contributed by atoms with Gasteiger partial charge < -0.3 is 10.1 Å². The van der Waals surface area contributed by atoms with Gasteiger partial charge in [0.05, 0.1) is 17.3 Å². The average Bonchev–Trinajstić information content (AvgIpc) is 2.65. The number of nitriles is 1. The molecule has 0 saturated heterocycles. The monoisotopic (exact) mass is 359 g/mol. The maximum Gasteiger partial charge on any atom is 0.254 e. The van der Waals surface area contributed by atoms with Gasteiger partial charge in [0.25, 0.3) is 5.56 Å². The lowest BCUT2D eigenvalue weighted by Gasteiger charge is -2.11. The van der Waals surface area contributed by atoms with Crippen molar-refractivity contribution >= 4 is 0 Å². The maximum atomic E-state index is 12.4. The van der Waals surface area contributed by atoms with Crippen LogP contribution < -0.4 is 5.56 Å². The Balaban J connectivity index is 1.99. The normalized spacial score (nSPS) is 10.6. The zero-order valence-electron chi connectivity index (χ0n) is 15.4.